The standard InChI is InChI=1S/C21H28N2O4S2/c1-13-9-17(21(4,5)6)10-14(2)20(13)29(26,27)23-15(3)11-16-12-18(28(22,24)25)7-8-19(16)23/h7-10,12,15H,11H2,1-6H3,(H2,22,24,25). The van der Waals surface area contributed by atoms with Gasteiger partial charge in [0, 0.05) is 6.04 Å². The summed E-state index contributed by atoms with van der Waals surface area (Å²) in [4.78, 5) is 0.297. The number of fused-ring (bicyclic) bond motifs is 1. The van der Waals surface area contributed by atoms with E-state index in [4.69, 9.17) is 5.14 Å². The zero-order valence-corrected chi connectivity index (χ0v) is 19.3. The second-order valence-electron chi connectivity index (χ2n) is 8.88. The normalized spacial score (nSPS) is 17.5. The maximum atomic E-state index is 13.7. The van der Waals surface area contributed by atoms with Crippen LogP contribution in [0.2, 0.25) is 0 Å². The molecule has 1 aliphatic heterocycles. The van der Waals surface area contributed by atoms with Crippen LogP contribution in [0.5, 0.6) is 0 Å². The molecule has 158 valence electrons. The lowest BCUT2D eigenvalue weighted by Crippen LogP contribution is -2.36. The average molecular weight is 437 g/mol. The second kappa shape index (κ2) is 6.82. The minimum atomic E-state index is -3.85. The molecule has 1 unspecified atom stereocenters. The molecule has 0 aliphatic carbocycles. The molecule has 1 atom stereocenters. The molecule has 0 spiro atoms. The number of hydrogen-bond acceptors (Lipinski definition) is 4. The average Bonchev–Trinajstić information content (AvgIpc) is 2.87. The van der Waals surface area contributed by atoms with E-state index in [0.717, 1.165) is 5.56 Å². The molecule has 0 saturated carbocycles. The van der Waals surface area contributed by atoms with E-state index in [-0.39, 0.29) is 16.4 Å². The number of sulfonamides is 2. The Hall–Kier alpha value is -1.90. The fourth-order valence-corrected chi connectivity index (χ4v) is 6.69. The first-order chi connectivity index (χ1) is 13.1. The summed E-state index contributed by atoms with van der Waals surface area (Å²) in [5, 5.41) is 5.23. The van der Waals surface area contributed by atoms with Gasteiger partial charge in [-0.1, -0.05) is 32.9 Å². The van der Waals surface area contributed by atoms with Gasteiger partial charge in [-0.25, -0.2) is 22.0 Å². The number of aryl methyl sites for hydroxylation is 2. The summed E-state index contributed by atoms with van der Waals surface area (Å²) in [6.45, 7) is 11.7. The van der Waals surface area contributed by atoms with Gasteiger partial charge in [-0.2, -0.15) is 0 Å². The van der Waals surface area contributed by atoms with Crippen LogP contribution < -0.4 is 9.44 Å². The van der Waals surface area contributed by atoms with Crippen molar-refractivity contribution in [2.45, 2.75) is 69.2 Å². The Kier molecular flexibility index (Phi) is 5.13. The van der Waals surface area contributed by atoms with Crippen LogP contribution in [0, 0.1) is 13.8 Å². The summed E-state index contributed by atoms with van der Waals surface area (Å²) in [5.41, 5.74) is 3.57. The number of anilines is 1. The summed E-state index contributed by atoms with van der Waals surface area (Å²) in [7, 11) is -7.67. The van der Waals surface area contributed by atoms with E-state index in [2.05, 4.69) is 20.8 Å². The van der Waals surface area contributed by atoms with E-state index in [1.54, 1.807) is 0 Å². The Balaban J connectivity index is 2.15. The van der Waals surface area contributed by atoms with Gasteiger partial charge in [0.1, 0.15) is 0 Å². The molecule has 2 aromatic carbocycles. The Morgan fingerprint density at radius 2 is 1.55 bits per heavy atom. The number of benzene rings is 2. The number of nitrogens with two attached hydrogens (primary N) is 1. The zero-order chi connectivity index (χ0) is 21.9. The molecule has 0 amide bonds. The van der Waals surface area contributed by atoms with Crippen LogP contribution in [0.1, 0.15) is 49.9 Å². The lowest BCUT2D eigenvalue weighted by molar-refractivity contribution is 0.578. The summed E-state index contributed by atoms with van der Waals surface area (Å²) < 4.78 is 52.1. The summed E-state index contributed by atoms with van der Waals surface area (Å²) >= 11 is 0. The van der Waals surface area contributed by atoms with Crippen molar-refractivity contribution in [2.24, 2.45) is 5.14 Å². The predicted molar refractivity (Wildman–Crippen MR) is 115 cm³/mol. The number of nitrogens with zero attached hydrogens (tertiary/aromatic N) is 1. The van der Waals surface area contributed by atoms with Crippen molar-refractivity contribution < 1.29 is 16.8 Å². The van der Waals surface area contributed by atoms with Crippen molar-refractivity contribution in [3.63, 3.8) is 0 Å². The molecule has 6 nitrogen and oxygen atoms in total. The van der Waals surface area contributed by atoms with Crippen LogP contribution in [0.25, 0.3) is 0 Å². The Labute approximate surface area is 173 Å². The minimum absolute atomic E-state index is 0.00964. The largest absolute Gasteiger partial charge is 0.265 e. The second-order valence-corrected chi connectivity index (χ2v) is 12.2. The molecule has 2 aromatic rings. The summed E-state index contributed by atoms with van der Waals surface area (Å²) in [6.07, 6.45) is 0.427. The molecule has 29 heavy (non-hydrogen) atoms. The third-order valence-electron chi connectivity index (χ3n) is 5.38. The lowest BCUT2D eigenvalue weighted by atomic mass is 9.85. The molecule has 0 fully saturated rings. The molecule has 0 saturated heterocycles. The van der Waals surface area contributed by atoms with Gasteiger partial charge in [0.15, 0.2) is 0 Å². The van der Waals surface area contributed by atoms with Crippen LogP contribution in [-0.2, 0) is 31.9 Å². The molecule has 0 aromatic heterocycles. The summed E-state index contributed by atoms with van der Waals surface area (Å²) in [6, 6.07) is 7.91. The van der Waals surface area contributed by atoms with E-state index in [1.807, 2.05) is 32.9 Å². The van der Waals surface area contributed by atoms with Gasteiger partial charge in [0.25, 0.3) is 10.0 Å². The molecule has 0 bridgehead atoms. The van der Waals surface area contributed by atoms with Crippen molar-refractivity contribution in [3.05, 3.63) is 52.6 Å². The molecule has 3 rings (SSSR count). The Bertz CT molecular complexity index is 1170. The molecule has 8 heteroatoms. The molecular weight excluding hydrogens is 408 g/mol. The SMILES string of the molecule is Cc1cc(C(C)(C)C)cc(C)c1S(=O)(=O)N1c2ccc(S(N)(=O)=O)cc2CC1C. The van der Waals surface area contributed by atoms with Gasteiger partial charge in [-0.05, 0) is 73.1 Å². The van der Waals surface area contributed by atoms with E-state index < -0.39 is 20.0 Å². The van der Waals surface area contributed by atoms with Gasteiger partial charge < -0.3 is 0 Å². The monoisotopic (exact) mass is 436 g/mol. The topological polar surface area (TPSA) is 97.5 Å². The van der Waals surface area contributed by atoms with E-state index >= 15 is 0 Å². The van der Waals surface area contributed by atoms with Gasteiger partial charge in [-0.15, -0.1) is 0 Å². The van der Waals surface area contributed by atoms with Crippen LogP contribution in [-0.4, -0.2) is 22.9 Å². The zero-order valence-electron chi connectivity index (χ0n) is 17.6. The maximum absolute atomic E-state index is 13.7. The van der Waals surface area contributed by atoms with Crippen LogP contribution in [0.15, 0.2) is 40.1 Å². The number of hydrogen-bond donors (Lipinski definition) is 1. The third kappa shape index (κ3) is 3.81. The van der Waals surface area contributed by atoms with Gasteiger partial charge in [0.2, 0.25) is 10.0 Å². The lowest BCUT2D eigenvalue weighted by Gasteiger charge is -2.28. The van der Waals surface area contributed by atoms with E-state index in [9.17, 15) is 16.8 Å². The van der Waals surface area contributed by atoms with Crippen molar-refractivity contribution in [2.75, 3.05) is 4.31 Å². The van der Waals surface area contributed by atoms with Crippen LogP contribution in [0.3, 0.4) is 0 Å². The first-order valence-corrected chi connectivity index (χ1v) is 12.4. The molecule has 0 radical (unpaired) electrons. The fraction of sp³-hybridized carbons (Fsp3) is 0.429. The highest BCUT2D eigenvalue weighted by Crippen LogP contribution is 2.40. The molecule has 1 aliphatic rings. The van der Waals surface area contributed by atoms with Gasteiger partial charge in [-0.3, -0.25) is 4.31 Å². The van der Waals surface area contributed by atoms with Crippen molar-refractivity contribution >= 4 is 25.7 Å². The molecule has 1 heterocycles. The maximum Gasteiger partial charge on any atom is 0.265 e. The first kappa shape index (κ1) is 21.8. The van der Waals surface area contributed by atoms with Crippen LogP contribution in [0.4, 0.5) is 5.69 Å². The third-order valence-corrected chi connectivity index (χ3v) is 8.52. The first-order valence-electron chi connectivity index (χ1n) is 9.46. The number of primary sulfonamides is 1. The van der Waals surface area contributed by atoms with Gasteiger partial charge >= 0.3 is 0 Å². The van der Waals surface area contributed by atoms with Crippen molar-refractivity contribution in [1.82, 2.24) is 0 Å². The highest BCUT2D eigenvalue weighted by molar-refractivity contribution is 7.93. The molecular formula is C21H28N2O4S2. The van der Waals surface area contributed by atoms with Gasteiger partial charge in [0.05, 0.1) is 15.5 Å². The summed E-state index contributed by atoms with van der Waals surface area (Å²) in [5.74, 6) is 0. The highest BCUT2D eigenvalue weighted by Gasteiger charge is 2.38. The fourth-order valence-electron chi connectivity index (χ4n) is 4.01. The van der Waals surface area contributed by atoms with E-state index in [0.29, 0.717) is 33.7 Å². The Morgan fingerprint density at radius 1 is 1.00 bits per heavy atom. The quantitative estimate of drug-likeness (QED) is 0.797. The smallest absolute Gasteiger partial charge is 0.263 e. The number of rotatable bonds is 3. The predicted octanol–water partition coefficient (Wildman–Crippen LogP) is 3.39. The van der Waals surface area contributed by atoms with E-state index in [1.165, 1.54) is 22.5 Å². The van der Waals surface area contributed by atoms with Crippen molar-refractivity contribution in [1.29, 1.82) is 0 Å². The molecule has 2 N–H and O–H groups in total. The highest BCUT2D eigenvalue weighted by atomic mass is 32.2. The Morgan fingerprint density at radius 3 is 2.03 bits per heavy atom. The van der Waals surface area contributed by atoms with Crippen molar-refractivity contribution in [3.8, 4) is 0 Å². The van der Waals surface area contributed by atoms with Crippen LogP contribution >= 0.6 is 0 Å². The minimum Gasteiger partial charge on any atom is -0.263 e.